The maximum atomic E-state index is 14.6. The zero-order chi connectivity index (χ0) is 19.3. The van der Waals surface area contributed by atoms with Crippen molar-refractivity contribution in [2.45, 2.75) is 19.8 Å². The molecule has 1 aromatic heterocycles. The summed E-state index contributed by atoms with van der Waals surface area (Å²) < 4.78 is 19.6. The third-order valence-corrected chi connectivity index (χ3v) is 4.19. The van der Waals surface area contributed by atoms with Crippen molar-refractivity contribution in [3.8, 4) is 17.0 Å². The van der Waals surface area contributed by atoms with Gasteiger partial charge in [-0.15, -0.1) is 0 Å². The van der Waals surface area contributed by atoms with E-state index < -0.39 is 11.7 Å². The quantitative estimate of drug-likeness (QED) is 0.534. The molecule has 2 rings (SSSR count). The van der Waals surface area contributed by atoms with Gasteiger partial charge in [-0.2, -0.15) is 0 Å². The number of halogens is 3. The van der Waals surface area contributed by atoms with Gasteiger partial charge in [-0.3, -0.25) is 9.63 Å². The van der Waals surface area contributed by atoms with E-state index in [1.165, 1.54) is 25.3 Å². The number of rotatable bonds is 7. The average molecular weight is 402 g/mol. The highest BCUT2D eigenvalue weighted by Gasteiger charge is 2.21. The number of methoxy groups -OCH3 is 1. The summed E-state index contributed by atoms with van der Waals surface area (Å²) in [7, 11) is 1.30. The standard InChI is InChI=1S/C17H18Cl2FN3O3/c1-3-4-7-26-23-17(24)15-13(19)11(21)8-12(22-15)9-5-6-10(18)16(25-2)14(9)20/h5-6,8H,3-4,7H2,1-2H3,(H2,21,22)(H,23,24). The van der Waals surface area contributed by atoms with Gasteiger partial charge in [0.25, 0.3) is 5.91 Å². The molecule has 1 amide bonds. The van der Waals surface area contributed by atoms with E-state index in [4.69, 9.17) is 38.5 Å². The predicted octanol–water partition coefficient (Wildman–Crippen LogP) is 4.25. The Morgan fingerprint density at radius 3 is 2.77 bits per heavy atom. The molecular weight excluding hydrogens is 384 g/mol. The Labute approximate surface area is 160 Å². The van der Waals surface area contributed by atoms with Gasteiger partial charge in [-0.25, -0.2) is 14.9 Å². The normalized spacial score (nSPS) is 10.7. The van der Waals surface area contributed by atoms with E-state index in [0.29, 0.717) is 6.61 Å². The number of carbonyl (C=O) groups is 1. The maximum absolute atomic E-state index is 14.6. The summed E-state index contributed by atoms with van der Waals surface area (Å²) in [6, 6.07) is 4.23. The number of nitrogen functional groups attached to an aromatic ring is 1. The van der Waals surface area contributed by atoms with Crippen LogP contribution in [-0.2, 0) is 4.84 Å². The number of hydroxylamine groups is 1. The molecule has 0 fully saturated rings. The molecule has 0 atom stereocenters. The third-order valence-electron chi connectivity index (χ3n) is 3.49. The molecule has 3 N–H and O–H groups in total. The molecule has 0 aliphatic rings. The van der Waals surface area contributed by atoms with Gasteiger partial charge in [-0.05, 0) is 24.6 Å². The Bertz CT molecular complexity index is 818. The number of carbonyl (C=O) groups excluding carboxylic acids is 1. The van der Waals surface area contributed by atoms with Crippen LogP contribution in [-0.4, -0.2) is 24.6 Å². The first-order valence-corrected chi connectivity index (χ1v) is 8.56. The fourth-order valence-electron chi connectivity index (χ4n) is 2.14. The first-order chi connectivity index (χ1) is 12.4. The lowest BCUT2D eigenvalue weighted by Crippen LogP contribution is -2.26. The van der Waals surface area contributed by atoms with Crippen molar-refractivity contribution in [3.05, 3.63) is 39.8 Å². The van der Waals surface area contributed by atoms with Crippen LogP contribution in [0.4, 0.5) is 10.1 Å². The van der Waals surface area contributed by atoms with Crippen LogP contribution in [0.5, 0.6) is 5.75 Å². The average Bonchev–Trinajstić information content (AvgIpc) is 2.61. The fourth-order valence-corrected chi connectivity index (χ4v) is 2.54. The van der Waals surface area contributed by atoms with Crippen LogP contribution >= 0.6 is 23.2 Å². The molecule has 1 aromatic carbocycles. The van der Waals surface area contributed by atoms with E-state index in [2.05, 4.69) is 10.5 Å². The molecule has 0 aliphatic heterocycles. The number of anilines is 1. The lowest BCUT2D eigenvalue weighted by molar-refractivity contribution is 0.0298. The molecule has 0 bridgehead atoms. The number of nitrogens with zero attached hydrogens (tertiary/aromatic N) is 1. The Balaban J connectivity index is 2.41. The van der Waals surface area contributed by atoms with Crippen LogP contribution in [0.3, 0.4) is 0 Å². The van der Waals surface area contributed by atoms with E-state index >= 15 is 0 Å². The number of hydrogen-bond acceptors (Lipinski definition) is 5. The number of amides is 1. The summed E-state index contributed by atoms with van der Waals surface area (Å²) in [5.41, 5.74) is 8.17. The Hall–Kier alpha value is -2.09. The van der Waals surface area contributed by atoms with Gasteiger partial charge in [0.1, 0.15) is 0 Å². The first kappa shape index (κ1) is 20.2. The van der Waals surface area contributed by atoms with Gasteiger partial charge in [0.2, 0.25) is 0 Å². The van der Waals surface area contributed by atoms with E-state index in [9.17, 15) is 9.18 Å². The minimum atomic E-state index is -0.722. The monoisotopic (exact) mass is 401 g/mol. The molecule has 0 spiro atoms. The second-order valence-corrected chi connectivity index (χ2v) is 6.12. The molecule has 0 aliphatic carbocycles. The summed E-state index contributed by atoms with van der Waals surface area (Å²) in [5.74, 6) is -1.53. The van der Waals surface area contributed by atoms with E-state index in [0.717, 1.165) is 12.8 Å². The number of unbranched alkanes of at least 4 members (excludes halogenated alkanes) is 1. The van der Waals surface area contributed by atoms with Crippen molar-refractivity contribution < 1.29 is 18.8 Å². The molecule has 2 aromatic rings. The summed E-state index contributed by atoms with van der Waals surface area (Å²) in [6.07, 6.45) is 1.69. The topological polar surface area (TPSA) is 86.5 Å². The van der Waals surface area contributed by atoms with Crippen LogP contribution in [0.25, 0.3) is 11.3 Å². The number of aromatic nitrogens is 1. The van der Waals surface area contributed by atoms with Gasteiger partial charge < -0.3 is 10.5 Å². The van der Waals surface area contributed by atoms with Gasteiger partial charge in [-0.1, -0.05) is 36.5 Å². The zero-order valence-electron chi connectivity index (χ0n) is 14.2. The van der Waals surface area contributed by atoms with E-state index in [-0.39, 0.29) is 38.4 Å². The highest BCUT2D eigenvalue weighted by Crippen LogP contribution is 2.36. The molecule has 0 saturated carbocycles. The Kier molecular flexibility index (Phi) is 7.02. The van der Waals surface area contributed by atoms with Crippen molar-refractivity contribution >= 4 is 34.8 Å². The fraction of sp³-hybridized carbons (Fsp3) is 0.294. The molecule has 0 saturated heterocycles. The lowest BCUT2D eigenvalue weighted by atomic mass is 10.1. The summed E-state index contributed by atoms with van der Waals surface area (Å²) in [5, 5.41) is 0.0599. The number of ether oxygens (including phenoxy) is 1. The predicted molar refractivity (Wildman–Crippen MR) is 98.9 cm³/mol. The van der Waals surface area contributed by atoms with Crippen molar-refractivity contribution in [2.75, 3.05) is 19.5 Å². The first-order valence-electron chi connectivity index (χ1n) is 7.81. The van der Waals surface area contributed by atoms with Gasteiger partial charge >= 0.3 is 0 Å². The number of nitrogens with two attached hydrogens (primary N) is 1. The number of nitrogens with one attached hydrogen (secondary N) is 1. The summed E-state index contributed by atoms with van der Waals surface area (Å²) in [4.78, 5) is 21.4. The van der Waals surface area contributed by atoms with Gasteiger partial charge in [0.15, 0.2) is 17.3 Å². The van der Waals surface area contributed by atoms with Crippen molar-refractivity contribution in [2.24, 2.45) is 0 Å². The smallest absolute Gasteiger partial charge is 0.295 e. The highest BCUT2D eigenvalue weighted by atomic mass is 35.5. The molecule has 9 heteroatoms. The van der Waals surface area contributed by atoms with Crippen LogP contribution < -0.4 is 16.0 Å². The van der Waals surface area contributed by atoms with Crippen molar-refractivity contribution in [1.29, 1.82) is 0 Å². The van der Waals surface area contributed by atoms with Crippen molar-refractivity contribution in [3.63, 3.8) is 0 Å². The van der Waals surface area contributed by atoms with Crippen LogP contribution in [0.1, 0.15) is 30.3 Å². The number of hydrogen-bond donors (Lipinski definition) is 2. The minimum absolute atomic E-state index is 0.0494. The zero-order valence-corrected chi connectivity index (χ0v) is 15.7. The molecule has 1 heterocycles. The second kappa shape index (κ2) is 9.02. The highest BCUT2D eigenvalue weighted by molar-refractivity contribution is 6.36. The minimum Gasteiger partial charge on any atom is -0.492 e. The lowest BCUT2D eigenvalue weighted by Gasteiger charge is -2.12. The molecule has 6 nitrogen and oxygen atoms in total. The van der Waals surface area contributed by atoms with Gasteiger partial charge in [0, 0.05) is 5.56 Å². The molecule has 140 valence electrons. The largest absolute Gasteiger partial charge is 0.492 e. The van der Waals surface area contributed by atoms with Crippen LogP contribution in [0.15, 0.2) is 18.2 Å². The Morgan fingerprint density at radius 2 is 2.12 bits per heavy atom. The summed E-state index contributed by atoms with van der Waals surface area (Å²) >= 11 is 12.0. The molecule has 0 radical (unpaired) electrons. The SMILES string of the molecule is CCCCONC(=O)c1nc(-c2ccc(Cl)c(OC)c2F)cc(N)c1Cl. The Morgan fingerprint density at radius 1 is 1.38 bits per heavy atom. The van der Waals surface area contributed by atoms with Crippen LogP contribution in [0, 0.1) is 5.82 Å². The second-order valence-electron chi connectivity index (χ2n) is 5.33. The van der Waals surface area contributed by atoms with Gasteiger partial charge in [0.05, 0.1) is 35.1 Å². The maximum Gasteiger partial charge on any atom is 0.295 e. The third kappa shape index (κ3) is 4.35. The molecule has 0 unspecified atom stereocenters. The molecular formula is C17H18Cl2FN3O3. The van der Waals surface area contributed by atoms with Crippen molar-refractivity contribution in [1.82, 2.24) is 10.5 Å². The summed E-state index contributed by atoms with van der Waals surface area (Å²) in [6.45, 7) is 2.33. The van der Waals surface area contributed by atoms with E-state index in [1.807, 2.05) is 6.92 Å². The molecule has 26 heavy (non-hydrogen) atoms. The number of pyridine rings is 1. The van der Waals surface area contributed by atoms with Crippen LogP contribution in [0.2, 0.25) is 10.0 Å². The number of benzene rings is 1. The van der Waals surface area contributed by atoms with E-state index in [1.54, 1.807) is 0 Å².